The van der Waals surface area contributed by atoms with Crippen LogP contribution in [0.25, 0.3) is 11.3 Å². The van der Waals surface area contributed by atoms with Crippen LogP contribution in [0.3, 0.4) is 0 Å². The van der Waals surface area contributed by atoms with Gasteiger partial charge in [0.2, 0.25) is 0 Å². The van der Waals surface area contributed by atoms with Crippen LogP contribution in [-0.4, -0.2) is 99.7 Å². The van der Waals surface area contributed by atoms with Gasteiger partial charge in [-0.15, -0.1) is 5.10 Å². The number of piperidine rings is 1. The van der Waals surface area contributed by atoms with E-state index in [1.54, 1.807) is 4.90 Å². The van der Waals surface area contributed by atoms with Gasteiger partial charge in [0.25, 0.3) is 0 Å². The molecule has 2 fully saturated rings. The number of carbonyl (C=O) groups is 1. The highest BCUT2D eigenvalue weighted by atomic mass is 19.2. The van der Waals surface area contributed by atoms with Crippen molar-refractivity contribution in [2.45, 2.75) is 55.6 Å². The van der Waals surface area contributed by atoms with Crippen LogP contribution in [0, 0.1) is 17.5 Å². The first kappa shape index (κ1) is 29.0. The zero-order chi connectivity index (χ0) is 29.3. The fraction of sp³-hybridized carbons (Fsp3) is 0.538. The molecule has 12 nitrogen and oxygen atoms in total. The average molecular weight is 582 g/mol. The van der Waals surface area contributed by atoms with Crippen LogP contribution in [0.1, 0.15) is 36.3 Å². The van der Waals surface area contributed by atoms with Gasteiger partial charge in [-0.25, -0.2) is 22.6 Å². The maximum absolute atomic E-state index is 13.8. The molecule has 1 aromatic carbocycles. The lowest BCUT2D eigenvalue weighted by molar-refractivity contribution is -0.212. The van der Waals surface area contributed by atoms with Gasteiger partial charge in [0, 0.05) is 44.2 Å². The third-order valence-corrected chi connectivity index (χ3v) is 7.65. The molecule has 0 unspecified atom stereocenters. The van der Waals surface area contributed by atoms with E-state index in [2.05, 4.69) is 15.5 Å². The van der Waals surface area contributed by atoms with Gasteiger partial charge >= 0.3 is 6.09 Å². The molecule has 4 heterocycles. The molecule has 2 saturated heterocycles. The molecule has 2 aromatic heterocycles. The average Bonchev–Trinajstić information content (AvgIpc) is 3.66. The summed E-state index contributed by atoms with van der Waals surface area (Å²) in [6.45, 7) is 0.544. The number of ether oxygens (including phenoxy) is 3. The van der Waals surface area contributed by atoms with Gasteiger partial charge in [0.1, 0.15) is 35.8 Å². The zero-order valence-corrected chi connectivity index (χ0v) is 22.3. The summed E-state index contributed by atoms with van der Waals surface area (Å²) in [5.41, 5.74) is 0.546. The Kier molecular flexibility index (Phi) is 8.58. The summed E-state index contributed by atoms with van der Waals surface area (Å²) < 4.78 is 64.4. The second-order valence-corrected chi connectivity index (χ2v) is 10.1. The Hall–Kier alpha value is -3.53. The predicted molar refractivity (Wildman–Crippen MR) is 133 cm³/mol. The smallest absolute Gasteiger partial charge is 0.409 e. The standard InChI is InChI=1S/C26H30F3N5O7/c1-38-25-20(10-15-9-19(41-31-15)13-3-5-33(6-4-13)26(37)39-2)40-21(12-35)24(36)23(25)34-11-18(30-32-34)14-7-16(27)22(29)17(28)8-14/h7-9,11,13,20-21,23-25,35-36H,3-6,10,12H2,1-2H3/t20-,21-,23+,24+,25+/m1/s1. The molecule has 1 amide bonds. The number of aliphatic hydroxyl groups is 2. The quantitative estimate of drug-likeness (QED) is 0.399. The Morgan fingerprint density at radius 3 is 2.46 bits per heavy atom. The van der Waals surface area contributed by atoms with E-state index in [-0.39, 0.29) is 29.7 Å². The summed E-state index contributed by atoms with van der Waals surface area (Å²) in [4.78, 5) is 13.4. The fourth-order valence-corrected chi connectivity index (χ4v) is 5.49. The van der Waals surface area contributed by atoms with E-state index in [1.807, 2.05) is 6.07 Å². The lowest BCUT2D eigenvalue weighted by atomic mass is 9.90. The largest absolute Gasteiger partial charge is 0.453 e. The third-order valence-electron chi connectivity index (χ3n) is 7.65. The summed E-state index contributed by atoms with van der Waals surface area (Å²) in [6, 6.07) is 2.48. The number of aliphatic hydroxyl groups excluding tert-OH is 2. The first-order valence-corrected chi connectivity index (χ1v) is 13.1. The number of carbonyl (C=O) groups excluding carboxylic acids is 1. The highest BCUT2D eigenvalue weighted by molar-refractivity contribution is 5.67. The number of methoxy groups -OCH3 is 2. The highest BCUT2D eigenvalue weighted by Gasteiger charge is 2.47. The molecule has 0 spiro atoms. The fourth-order valence-electron chi connectivity index (χ4n) is 5.49. The molecule has 0 radical (unpaired) electrons. The molecule has 2 aliphatic heterocycles. The SMILES string of the molecule is COC(=O)N1CCC(c2cc(C[C@H]3O[C@H](CO)[C@H](O)[C@H](n4cc(-c5cc(F)c(F)c(F)c5)nn4)[C@H]3OC)no2)CC1. The van der Waals surface area contributed by atoms with Crippen LogP contribution < -0.4 is 0 Å². The molecule has 2 N–H and O–H groups in total. The first-order chi connectivity index (χ1) is 19.7. The van der Waals surface area contributed by atoms with Gasteiger partial charge in [-0.05, 0) is 25.0 Å². The summed E-state index contributed by atoms with van der Waals surface area (Å²) in [6.07, 6.45) is -1.28. The number of hydrogen-bond acceptors (Lipinski definition) is 10. The van der Waals surface area contributed by atoms with Crippen molar-refractivity contribution >= 4 is 6.09 Å². The van der Waals surface area contributed by atoms with Crippen molar-refractivity contribution in [2.75, 3.05) is 33.9 Å². The number of likely N-dealkylation sites (tertiary alicyclic amines) is 1. The van der Waals surface area contributed by atoms with Crippen LogP contribution in [0.5, 0.6) is 0 Å². The number of hydrogen-bond donors (Lipinski definition) is 2. The van der Waals surface area contributed by atoms with Crippen molar-refractivity contribution in [2.24, 2.45) is 0 Å². The second kappa shape index (κ2) is 12.1. The van der Waals surface area contributed by atoms with E-state index >= 15 is 0 Å². The van der Waals surface area contributed by atoms with Gasteiger partial charge in [-0.1, -0.05) is 10.4 Å². The Bertz CT molecular complexity index is 1340. The van der Waals surface area contributed by atoms with Gasteiger partial charge in [0.15, 0.2) is 17.5 Å². The predicted octanol–water partition coefficient (Wildman–Crippen LogP) is 2.22. The Balaban J connectivity index is 1.34. The number of rotatable bonds is 7. The summed E-state index contributed by atoms with van der Waals surface area (Å²) in [7, 11) is 2.77. The number of amides is 1. The first-order valence-electron chi connectivity index (χ1n) is 13.1. The molecule has 0 aliphatic carbocycles. The molecule has 0 bridgehead atoms. The Labute approximate surface area is 232 Å². The van der Waals surface area contributed by atoms with Crippen molar-refractivity contribution in [3.05, 3.63) is 53.3 Å². The highest BCUT2D eigenvalue weighted by Crippen LogP contribution is 2.35. The topological polar surface area (TPSA) is 145 Å². The normalized spacial score (nSPS) is 25.4. The minimum atomic E-state index is -1.60. The molecule has 222 valence electrons. The summed E-state index contributed by atoms with van der Waals surface area (Å²) in [5.74, 6) is -3.62. The van der Waals surface area contributed by atoms with Crippen LogP contribution >= 0.6 is 0 Å². The Morgan fingerprint density at radius 1 is 1.12 bits per heavy atom. The van der Waals surface area contributed by atoms with Crippen molar-refractivity contribution in [3.8, 4) is 11.3 Å². The van der Waals surface area contributed by atoms with E-state index in [1.165, 1.54) is 25.1 Å². The van der Waals surface area contributed by atoms with Crippen molar-refractivity contribution in [3.63, 3.8) is 0 Å². The molecule has 3 aromatic rings. The minimum absolute atomic E-state index is 0.0350. The Morgan fingerprint density at radius 2 is 1.83 bits per heavy atom. The number of benzene rings is 1. The van der Waals surface area contributed by atoms with Crippen molar-refractivity contribution in [1.29, 1.82) is 0 Å². The number of aromatic nitrogens is 4. The molecule has 5 rings (SSSR count). The lowest BCUT2D eigenvalue weighted by Crippen LogP contribution is -2.57. The van der Waals surface area contributed by atoms with Gasteiger partial charge in [-0.2, -0.15) is 0 Å². The second-order valence-electron chi connectivity index (χ2n) is 10.1. The molecule has 0 saturated carbocycles. The number of nitrogens with zero attached hydrogens (tertiary/aromatic N) is 5. The molecular weight excluding hydrogens is 551 g/mol. The van der Waals surface area contributed by atoms with E-state index < -0.39 is 54.5 Å². The van der Waals surface area contributed by atoms with Gasteiger partial charge < -0.3 is 33.8 Å². The van der Waals surface area contributed by atoms with Crippen LogP contribution in [-0.2, 0) is 20.6 Å². The van der Waals surface area contributed by atoms with Crippen molar-refractivity contribution in [1.82, 2.24) is 25.1 Å². The molecule has 41 heavy (non-hydrogen) atoms. The summed E-state index contributed by atoms with van der Waals surface area (Å²) in [5, 5.41) is 33.1. The van der Waals surface area contributed by atoms with Crippen LogP contribution in [0.4, 0.5) is 18.0 Å². The molecule has 15 heteroatoms. The maximum atomic E-state index is 13.8. The number of halogens is 3. The third kappa shape index (κ3) is 5.80. The molecule has 2 aliphatic rings. The van der Waals surface area contributed by atoms with Gasteiger partial charge in [0.05, 0.1) is 31.7 Å². The minimum Gasteiger partial charge on any atom is -0.453 e. The molecule has 5 atom stereocenters. The van der Waals surface area contributed by atoms with Crippen LogP contribution in [0.15, 0.2) is 28.9 Å². The summed E-state index contributed by atoms with van der Waals surface area (Å²) >= 11 is 0. The van der Waals surface area contributed by atoms with Gasteiger partial charge in [-0.3, -0.25) is 0 Å². The van der Waals surface area contributed by atoms with E-state index in [4.69, 9.17) is 18.7 Å². The van der Waals surface area contributed by atoms with Crippen molar-refractivity contribution < 1.29 is 46.9 Å². The zero-order valence-electron chi connectivity index (χ0n) is 22.3. The van der Waals surface area contributed by atoms with E-state index in [9.17, 15) is 28.2 Å². The van der Waals surface area contributed by atoms with Crippen LogP contribution in [0.2, 0.25) is 0 Å². The monoisotopic (exact) mass is 581 g/mol. The lowest BCUT2D eigenvalue weighted by Gasteiger charge is -2.43. The maximum Gasteiger partial charge on any atom is 0.409 e. The van der Waals surface area contributed by atoms with E-state index in [0.29, 0.717) is 37.4 Å². The molecular formula is C26H30F3N5O7. The van der Waals surface area contributed by atoms with E-state index in [0.717, 1.165) is 12.1 Å².